The molecule has 5 rings (SSSR count). The Morgan fingerprint density at radius 1 is 0.591 bits per heavy atom. The summed E-state index contributed by atoms with van der Waals surface area (Å²) in [6.07, 6.45) is 0. The lowest BCUT2D eigenvalue weighted by atomic mass is 9.93. The van der Waals surface area contributed by atoms with Crippen LogP contribution in [0.2, 0.25) is 0 Å². The van der Waals surface area contributed by atoms with Gasteiger partial charge < -0.3 is 0 Å². The first-order valence-electron chi connectivity index (χ1n) is 7.31. The zero-order chi connectivity index (χ0) is 14.7. The number of fused-ring (bicyclic) bond motifs is 8. The summed E-state index contributed by atoms with van der Waals surface area (Å²) in [6, 6.07) is 24.8. The highest BCUT2D eigenvalue weighted by atomic mass is 32.2. The molecular weight excluding hydrogens is 288 g/mol. The Balaban J connectivity index is 2.13. The summed E-state index contributed by atoms with van der Waals surface area (Å²) in [7, 11) is -1.10. The maximum atomic E-state index is 13.1. The van der Waals surface area contributed by atoms with Crippen LogP contribution in [0.25, 0.3) is 32.7 Å². The summed E-state index contributed by atoms with van der Waals surface area (Å²) in [5.74, 6) is 0. The molecule has 0 radical (unpaired) electrons. The normalized spacial score (nSPS) is 15.9. The van der Waals surface area contributed by atoms with Crippen molar-refractivity contribution in [1.82, 2.24) is 0 Å². The van der Waals surface area contributed by atoms with Crippen molar-refractivity contribution >= 4 is 32.3 Å². The molecule has 0 saturated heterocycles. The van der Waals surface area contributed by atoms with Gasteiger partial charge in [0.25, 0.3) is 0 Å². The van der Waals surface area contributed by atoms with Gasteiger partial charge in [0.05, 0.1) is 20.6 Å². The van der Waals surface area contributed by atoms with E-state index in [9.17, 15) is 4.21 Å². The largest absolute Gasteiger partial charge is 0.249 e. The van der Waals surface area contributed by atoms with Gasteiger partial charge in [0, 0.05) is 11.1 Å². The molecular formula is C20H12OS. The van der Waals surface area contributed by atoms with Gasteiger partial charge in [0.2, 0.25) is 0 Å². The second-order valence-corrected chi connectivity index (χ2v) is 6.95. The highest BCUT2D eigenvalue weighted by Gasteiger charge is 2.29. The van der Waals surface area contributed by atoms with Gasteiger partial charge in [-0.1, -0.05) is 66.7 Å². The lowest BCUT2D eigenvalue weighted by molar-refractivity contribution is 0.685. The predicted molar refractivity (Wildman–Crippen MR) is 91.6 cm³/mol. The third-order valence-corrected chi connectivity index (χ3v) is 5.98. The average molecular weight is 300 g/mol. The van der Waals surface area contributed by atoms with E-state index in [1.807, 2.05) is 30.3 Å². The fourth-order valence-electron chi connectivity index (χ4n) is 3.51. The molecule has 0 amide bonds. The molecule has 0 saturated carbocycles. The van der Waals surface area contributed by atoms with Crippen LogP contribution >= 0.6 is 0 Å². The minimum absolute atomic E-state index is 0.930. The van der Waals surface area contributed by atoms with E-state index in [4.69, 9.17) is 0 Å². The van der Waals surface area contributed by atoms with Crippen molar-refractivity contribution in [2.24, 2.45) is 0 Å². The lowest BCUT2D eigenvalue weighted by Gasteiger charge is -2.11. The molecule has 2 heteroatoms. The first kappa shape index (κ1) is 12.1. The second kappa shape index (κ2) is 4.28. The van der Waals surface area contributed by atoms with Crippen molar-refractivity contribution in [2.75, 3.05) is 0 Å². The molecule has 4 aromatic carbocycles. The molecule has 0 aromatic heterocycles. The predicted octanol–water partition coefficient (Wildman–Crippen LogP) is 5.14. The van der Waals surface area contributed by atoms with Crippen molar-refractivity contribution in [2.45, 2.75) is 9.79 Å². The fraction of sp³-hybridized carbons (Fsp3) is 0. The first-order valence-corrected chi connectivity index (χ1v) is 8.46. The van der Waals surface area contributed by atoms with Crippen LogP contribution in [0.3, 0.4) is 0 Å². The van der Waals surface area contributed by atoms with Crippen LogP contribution in [-0.2, 0) is 10.8 Å². The fourth-order valence-corrected chi connectivity index (χ4v) is 5.09. The third kappa shape index (κ3) is 1.40. The molecule has 0 N–H and O–H groups in total. The van der Waals surface area contributed by atoms with E-state index in [0.29, 0.717) is 0 Å². The Morgan fingerprint density at radius 2 is 1.14 bits per heavy atom. The van der Waals surface area contributed by atoms with Crippen molar-refractivity contribution in [3.63, 3.8) is 0 Å². The maximum absolute atomic E-state index is 13.1. The van der Waals surface area contributed by atoms with Crippen LogP contribution in [0, 0.1) is 0 Å². The van der Waals surface area contributed by atoms with Crippen LogP contribution < -0.4 is 0 Å². The summed E-state index contributed by atoms with van der Waals surface area (Å²) >= 11 is 0. The molecule has 0 spiro atoms. The molecule has 22 heavy (non-hydrogen) atoms. The van der Waals surface area contributed by atoms with Crippen molar-refractivity contribution in [3.05, 3.63) is 72.8 Å². The second-order valence-electron chi connectivity index (χ2n) is 5.56. The molecule has 1 aliphatic rings. The summed E-state index contributed by atoms with van der Waals surface area (Å²) in [5, 5.41) is 4.70. The molecule has 0 aliphatic carbocycles. The van der Waals surface area contributed by atoms with Crippen molar-refractivity contribution < 1.29 is 4.21 Å². The van der Waals surface area contributed by atoms with Crippen LogP contribution in [0.15, 0.2) is 82.6 Å². The van der Waals surface area contributed by atoms with E-state index in [1.165, 1.54) is 16.2 Å². The van der Waals surface area contributed by atoms with E-state index < -0.39 is 10.8 Å². The van der Waals surface area contributed by atoms with Crippen molar-refractivity contribution in [1.29, 1.82) is 0 Å². The minimum Gasteiger partial charge on any atom is -0.249 e. The van der Waals surface area contributed by atoms with Gasteiger partial charge in [-0.2, -0.15) is 0 Å². The standard InChI is InChI=1S/C20H12OS/c21-22-18-12-6-5-11-17(18)19-15-9-3-1-7-13(15)14-8-2-4-10-16(14)20(19)22/h1-12H. The van der Waals surface area contributed by atoms with E-state index in [2.05, 4.69) is 42.5 Å². The summed E-state index contributed by atoms with van der Waals surface area (Å²) in [4.78, 5) is 1.90. The molecule has 1 nitrogen and oxygen atoms in total. The smallest absolute Gasteiger partial charge is 0.0868 e. The van der Waals surface area contributed by atoms with Gasteiger partial charge in [-0.3, -0.25) is 0 Å². The average Bonchev–Trinajstić information content (AvgIpc) is 2.89. The van der Waals surface area contributed by atoms with E-state index in [-0.39, 0.29) is 0 Å². The highest BCUT2D eigenvalue weighted by Crippen LogP contribution is 2.48. The van der Waals surface area contributed by atoms with Gasteiger partial charge in [0.15, 0.2) is 0 Å². The number of hydrogen-bond acceptors (Lipinski definition) is 1. The van der Waals surface area contributed by atoms with Gasteiger partial charge >= 0.3 is 0 Å². The molecule has 1 heterocycles. The molecule has 1 unspecified atom stereocenters. The Morgan fingerprint density at radius 3 is 1.91 bits per heavy atom. The SMILES string of the molecule is O=S1c2ccccc2-c2c1c1ccccc1c1ccccc21. The zero-order valence-corrected chi connectivity index (χ0v) is 12.6. The first-order chi connectivity index (χ1) is 10.9. The maximum Gasteiger partial charge on any atom is 0.0868 e. The molecule has 104 valence electrons. The van der Waals surface area contributed by atoms with E-state index in [1.54, 1.807) is 0 Å². The minimum atomic E-state index is -1.10. The third-order valence-electron chi connectivity index (χ3n) is 4.43. The molecule has 4 aromatic rings. The van der Waals surface area contributed by atoms with Gasteiger partial charge in [0.1, 0.15) is 0 Å². The van der Waals surface area contributed by atoms with Crippen molar-refractivity contribution in [3.8, 4) is 11.1 Å². The van der Waals surface area contributed by atoms with Crippen LogP contribution in [0.4, 0.5) is 0 Å². The Labute approximate surface area is 130 Å². The van der Waals surface area contributed by atoms with Gasteiger partial charge in [-0.25, -0.2) is 4.21 Å². The number of rotatable bonds is 0. The Bertz CT molecular complexity index is 1100. The van der Waals surface area contributed by atoms with Crippen LogP contribution in [0.1, 0.15) is 0 Å². The van der Waals surface area contributed by atoms with Crippen LogP contribution in [-0.4, -0.2) is 4.21 Å². The molecule has 1 aliphatic heterocycles. The Hall–Kier alpha value is -2.45. The lowest BCUT2D eigenvalue weighted by Crippen LogP contribution is -1.89. The monoisotopic (exact) mass is 300 g/mol. The van der Waals surface area contributed by atoms with E-state index >= 15 is 0 Å². The number of hydrogen-bond donors (Lipinski definition) is 0. The molecule has 0 fully saturated rings. The molecule has 0 bridgehead atoms. The zero-order valence-electron chi connectivity index (χ0n) is 11.7. The topological polar surface area (TPSA) is 17.1 Å². The summed E-state index contributed by atoms with van der Waals surface area (Å²) in [5.41, 5.74) is 2.25. The van der Waals surface area contributed by atoms with Gasteiger partial charge in [-0.05, 0) is 27.6 Å². The quantitative estimate of drug-likeness (QED) is 0.362. The summed E-state index contributed by atoms with van der Waals surface area (Å²) in [6.45, 7) is 0. The summed E-state index contributed by atoms with van der Waals surface area (Å²) < 4.78 is 13.1. The van der Waals surface area contributed by atoms with Gasteiger partial charge in [-0.15, -0.1) is 0 Å². The van der Waals surface area contributed by atoms with E-state index in [0.717, 1.165) is 26.3 Å². The molecule has 1 atom stereocenters. The van der Waals surface area contributed by atoms with Crippen LogP contribution in [0.5, 0.6) is 0 Å². The highest BCUT2D eigenvalue weighted by molar-refractivity contribution is 7.86. The number of benzene rings is 4. The Kier molecular flexibility index (Phi) is 2.36.